The molecule has 3 fully saturated rings. The largest absolute Gasteiger partial charge is 0.379 e. The number of aromatic nitrogens is 1. The molecule has 6 nitrogen and oxygen atoms in total. The minimum Gasteiger partial charge on any atom is -0.379 e. The van der Waals surface area contributed by atoms with Crippen molar-refractivity contribution in [3.05, 3.63) is 30.1 Å². The van der Waals surface area contributed by atoms with Crippen LogP contribution < -0.4 is 5.32 Å². The number of likely N-dealkylation sites (tertiary alicyclic amines) is 1. The van der Waals surface area contributed by atoms with Gasteiger partial charge < -0.3 is 10.1 Å². The fraction of sp³-hybridized carbons (Fsp3) is 0.684. The normalized spacial score (nSPS) is 34.8. The van der Waals surface area contributed by atoms with Gasteiger partial charge in [-0.3, -0.25) is 19.6 Å². The standard InChI is InChI=1S/C19H28N4O2/c1-14-13-25-9-8-22(14)16-10-18(21-19(24)11-16)23-7-3-5-17(23)15-4-2-6-20-12-15/h2,4,6,12,14,16-18H,3,5,7-11,13H2,1H3,(H,21,24). The molecule has 3 aliphatic heterocycles. The average molecular weight is 344 g/mol. The molecule has 1 amide bonds. The number of rotatable bonds is 3. The Morgan fingerprint density at radius 1 is 1.32 bits per heavy atom. The van der Waals surface area contributed by atoms with E-state index in [1.165, 1.54) is 12.0 Å². The van der Waals surface area contributed by atoms with Crippen molar-refractivity contribution in [1.82, 2.24) is 20.1 Å². The van der Waals surface area contributed by atoms with Gasteiger partial charge in [-0.25, -0.2) is 0 Å². The molecule has 0 saturated carbocycles. The highest BCUT2D eigenvalue weighted by molar-refractivity contribution is 5.77. The smallest absolute Gasteiger partial charge is 0.222 e. The Bertz CT molecular complexity index is 596. The fourth-order valence-electron chi connectivity index (χ4n) is 4.71. The topological polar surface area (TPSA) is 57.7 Å². The quantitative estimate of drug-likeness (QED) is 0.901. The summed E-state index contributed by atoms with van der Waals surface area (Å²) in [7, 11) is 0. The lowest BCUT2D eigenvalue weighted by molar-refractivity contribution is -0.130. The summed E-state index contributed by atoms with van der Waals surface area (Å²) in [5.41, 5.74) is 1.26. The highest BCUT2D eigenvalue weighted by Gasteiger charge is 2.39. The molecule has 0 bridgehead atoms. The van der Waals surface area contributed by atoms with Gasteiger partial charge in [0.1, 0.15) is 0 Å². The number of nitrogens with zero attached hydrogens (tertiary/aromatic N) is 3. The van der Waals surface area contributed by atoms with Crippen molar-refractivity contribution in [1.29, 1.82) is 0 Å². The molecule has 25 heavy (non-hydrogen) atoms. The molecule has 3 aliphatic rings. The molecule has 6 heteroatoms. The predicted molar refractivity (Wildman–Crippen MR) is 94.9 cm³/mol. The van der Waals surface area contributed by atoms with Gasteiger partial charge in [-0.15, -0.1) is 0 Å². The van der Waals surface area contributed by atoms with Gasteiger partial charge in [-0.1, -0.05) is 6.07 Å². The van der Waals surface area contributed by atoms with Gasteiger partial charge >= 0.3 is 0 Å². The van der Waals surface area contributed by atoms with Crippen molar-refractivity contribution in [2.24, 2.45) is 0 Å². The van der Waals surface area contributed by atoms with Gasteiger partial charge in [-0.05, 0) is 37.8 Å². The molecule has 1 aromatic rings. The van der Waals surface area contributed by atoms with E-state index in [1.54, 1.807) is 0 Å². The third kappa shape index (κ3) is 3.57. The lowest BCUT2D eigenvalue weighted by Gasteiger charge is -2.45. The molecule has 136 valence electrons. The summed E-state index contributed by atoms with van der Waals surface area (Å²) in [6.07, 6.45) is 7.81. The first-order valence-electron chi connectivity index (χ1n) is 9.51. The zero-order chi connectivity index (χ0) is 17.2. The van der Waals surface area contributed by atoms with Crippen LogP contribution in [-0.4, -0.2) is 65.2 Å². The Labute approximate surface area is 149 Å². The minimum absolute atomic E-state index is 0.119. The van der Waals surface area contributed by atoms with Gasteiger partial charge in [0.2, 0.25) is 5.91 Å². The van der Waals surface area contributed by atoms with Crippen molar-refractivity contribution < 1.29 is 9.53 Å². The number of pyridine rings is 1. The van der Waals surface area contributed by atoms with Crippen LogP contribution in [0.1, 0.15) is 44.2 Å². The zero-order valence-electron chi connectivity index (χ0n) is 14.9. The van der Waals surface area contributed by atoms with Crippen molar-refractivity contribution in [2.45, 2.75) is 56.9 Å². The minimum atomic E-state index is 0.119. The van der Waals surface area contributed by atoms with E-state index < -0.39 is 0 Å². The van der Waals surface area contributed by atoms with Crippen LogP contribution in [0.5, 0.6) is 0 Å². The number of hydrogen-bond donors (Lipinski definition) is 1. The maximum absolute atomic E-state index is 12.4. The number of amides is 1. The lowest BCUT2D eigenvalue weighted by atomic mass is 9.97. The Hall–Kier alpha value is -1.50. The van der Waals surface area contributed by atoms with E-state index >= 15 is 0 Å². The van der Waals surface area contributed by atoms with E-state index in [0.717, 1.165) is 39.1 Å². The van der Waals surface area contributed by atoms with E-state index in [9.17, 15) is 4.79 Å². The molecule has 3 saturated heterocycles. The van der Waals surface area contributed by atoms with Crippen molar-refractivity contribution in [3.8, 4) is 0 Å². The highest BCUT2D eigenvalue weighted by Crippen LogP contribution is 2.35. The number of piperidine rings is 1. The fourth-order valence-corrected chi connectivity index (χ4v) is 4.71. The highest BCUT2D eigenvalue weighted by atomic mass is 16.5. The van der Waals surface area contributed by atoms with Crippen LogP contribution in [0.2, 0.25) is 0 Å². The van der Waals surface area contributed by atoms with Crippen LogP contribution >= 0.6 is 0 Å². The molecule has 4 atom stereocenters. The van der Waals surface area contributed by atoms with E-state index in [2.05, 4.69) is 33.1 Å². The van der Waals surface area contributed by atoms with E-state index in [4.69, 9.17) is 4.74 Å². The third-order valence-corrected chi connectivity index (χ3v) is 5.90. The first-order valence-corrected chi connectivity index (χ1v) is 9.51. The molecular formula is C19H28N4O2. The molecular weight excluding hydrogens is 316 g/mol. The maximum Gasteiger partial charge on any atom is 0.222 e. The Morgan fingerprint density at radius 2 is 2.24 bits per heavy atom. The molecule has 1 N–H and O–H groups in total. The summed E-state index contributed by atoms with van der Waals surface area (Å²) >= 11 is 0. The second kappa shape index (κ2) is 7.40. The molecule has 0 aromatic carbocycles. The van der Waals surface area contributed by atoms with Gasteiger partial charge in [0.15, 0.2) is 0 Å². The zero-order valence-corrected chi connectivity index (χ0v) is 14.9. The molecule has 4 heterocycles. The Balaban J connectivity index is 1.50. The SMILES string of the molecule is CC1COCCN1C1CC(=O)NC(N2CCCC2c2cccnc2)C1. The number of morpholine rings is 1. The Kier molecular flexibility index (Phi) is 5.01. The number of carbonyl (C=O) groups excluding carboxylic acids is 1. The molecule has 1 aromatic heterocycles. The number of hydrogen-bond acceptors (Lipinski definition) is 5. The number of ether oxygens (including phenoxy) is 1. The van der Waals surface area contributed by atoms with Gasteiger partial charge in [0.25, 0.3) is 0 Å². The van der Waals surface area contributed by atoms with Crippen molar-refractivity contribution in [2.75, 3.05) is 26.3 Å². The van der Waals surface area contributed by atoms with Crippen molar-refractivity contribution >= 4 is 5.91 Å². The van der Waals surface area contributed by atoms with E-state index in [-0.39, 0.29) is 12.1 Å². The lowest BCUT2D eigenvalue weighted by Crippen LogP contribution is -2.59. The third-order valence-electron chi connectivity index (χ3n) is 5.90. The molecule has 4 rings (SSSR count). The second-order valence-corrected chi connectivity index (χ2v) is 7.52. The van der Waals surface area contributed by atoms with Gasteiger partial charge in [0, 0.05) is 50.0 Å². The van der Waals surface area contributed by atoms with Crippen LogP contribution in [0, 0.1) is 0 Å². The van der Waals surface area contributed by atoms with E-state index in [1.807, 2.05) is 18.5 Å². The molecule has 0 radical (unpaired) electrons. The average Bonchev–Trinajstić information content (AvgIpc) is 3.12. The summed E-state index contributed by atoms with van der Waals surface area (Å²) in [4.78, 5) is 21.7. The summed E-state index contributed by atoms with van der Waals surface area (Å²) in [5, 5.41) is 3.25. The number of carbonyl (C=O) groups is 1. The van der Waals surface area contributed by atoms with Crippen LogP contribution in [0.15, 0.2) is 24.5 Å². The van der Waals surface area contributed by atoms with Crippen LogP contribution in [0.3, 0.4) is 0 Å². The summed E-state index contributed by atoms with van der Waals surface area (Å²) in [5.74, 6) is 0.178. The molecule has 0 aliphatic carbocycles. The Morgan fingerprint density at radius 3 is 3.04 bits per heavy atom. The van der Waals surface area contributed by atoms with Crippen LogP contribution in [0.4, 0.5) is 0 Å². The summed E-state index contributed by atoms with van der Waals surface area (Å²) in [6.45, 7) is 5.71. The molecule has 4 unspecified atom stereocenters. The summed E-state index contributed by atoms with van der Waals surface area (Å²) < 4.78 is 5.57. The predicted octanol–water partition coefficient (Wildman–Crippen LogP) is 1.54. The van der Waals surface area contributed by atoms with E-state index in [0.29, 0.717) is 24.5 Å². The first-order chi connectivity index (χ1) is 12.2. The monoisotopic (exact) mass is 344 g/mol. The van der Waals surface area contributed by atoms with Crippen molar-refractivity contribution in [3.63, 3.8) is 0 Å². The second-order valence-electron chi connectivity index (χ2n) is 7.52. The van der Waals surface area contributed by atoms with Gasteiger partial charge in [-0.2, -0.15) is 0 Å². The van der Waals surface area contributed by atoms with Gasteiger partial charge in [0.05, 0.1) is 19.4 Å². The number of nitrogens with one attached hydrogen (secondary N) is 1. The maximum atomic E-state index is 12.4. The van der Waals surface area contributed by atoms with Crippen LogP contribution in [-0.2, 0) is 9.53 Å². The first kappa shape index (κ1) is 16.9. The van der Waals surface area contributed by atoms with Crippen LogP contribution in [0.25, 0.3) is 0 Å². The molecule has 0 spiro atoms. The summed E-state index contributed by atoms with van der Waals surface area (Å²) in [6, 6.07) is 5.22.